The van der Waals surface area contributed by atoms with E-state index in [1.807, 2.05) is 6.92 Å². The molecule has 2 aromatic rings. The van der Waals surface area contributed by atoms with Gasteiger partial charge in [0.05, 0.1) is 18.3 Å². The number of rotatable bonds is 6. The molecule has 1 aromatic heterocycles. The second-order valence-corrected chi connectivity index (χ2v) is 6.03. The van der Waals surface area contributed by atoms with E-state index in [4.69, 9.17) is 9.15 Å². The molecule has 0 aliphatic carbocycles. The number of ether oxygens (including phenoxy) is 1. The van der Waals surface area contributed by atoms with Crippen molar-refractivity contribution in [2.24, 2.45) is 0 Å². The molecule has 1 N–H and O–H groups in total. The number of aromatic nitrogens is 1. The zero-order valence-corrected chi connectivity index (χ0v) is 13.6. The summed E-state index contributed by atoms with van der Waals surface area (Å²) in [6, 6.07) is 6.03. The molecule has 0 radical (unpaired) electrons. The molecule has 24 heavy (non-hydrogen) atoms. The van der Waals surface area contributed by atoms with Crippen LogP contribution in [0.4, 0.5) is 4.39 Å². The molecule has 1 aromatic carbocycles. The van der Waals surface area contributed by atoms with Crippen LogP contribution >= 0.6 is 0 Å². The zero-order chi connectivity index (χ0) is 16.9. The summed E-state index contributed by atoms with van der Waals surface area (Å²) >= 11 is 0. The van der Waals surface area contributed by atoms with E-state index in [2.05, 4.69) is 10.3 Å². The molecule has 2 atom stereocenters. The van der Waals surface area contributed by atoms with Crippen LogP contribution in [-0.4, -0.2) is 29.6 Å². The molecule has 3 rings (SSSR count). The lowest BCUT2D eigenvalue weighted by atomic mass is 10.1. The van der Waals surface area contributed by atoms with E-state index in [9.17, 15) is 9.18 Å². The van der Waals surface area contributed by atoms with Gasteiger partial charge in [-0.2, -0.15) is 0 Å². The van der Waals surface area contributed by atoms with E-state index in [-0.39, 0.29) is 23.9 Å². The number of oxazole rings is 1. The Bertz CT molecular complexity index is 678. The lowest BCUT2D eigenvalue weighted by Crippen LogP contribution is -2.40. The molecule has 0 saturated carbocycles. The van der Waals surface area contributed by atoms with Gasteiger partial charge in [-0.3, -0.25) is 4.79 Å². The first-order valence-corrected chi connectivity index (χ1v) is 8.23. The Labute approximate surface area is 140 Å². The van der Waals surface area contributed by atoms with Gasteiger partial charge in [0.1, 0.15) is 5.82 Å². The number of nitrogens with one attached hydrogen (secondary N) is 1. The first-order chi connectivity index (χ1) is 11.6. The summed E-state index contributed by atoms with van der Waals surface area (Å²) in [6.07, 6.45) is 4.47. The maximum atomic E-state index is 12.9. The van der Waals surface area contributed by atoms with E-state index in [0.29, 0.717) is 24.5 Å². The number of halogens is 1. The minimum absolute atomic E-state index is 0.0133. The van der Waals surface area contributed by atoms with Crippen molar-refractivity contribution in [3.8, 4) is 11.3 Å². The van der Waals surface area contributed by atoms with Crippen LogP contribution in [0.15, 0.2) is 34.9 Å². The molecule has 2 heterocycles. The van der Waals surface area contributed by atoms with Crippen molar-refractivity contribution in [3.05, 3.63) is 42.2 Å². The number of aryl methyl sites for hydroxylation is 1. The van der Waals surface area contributed by atoms with Crippen LogP contribution in [0.5, 0.6) is 0 Å². The molecule has 1 saturated heterocycles. The fourth-order valence-corrected chi connectivity index (χ4v) is 2.81. The molecule has 1 fully saturated rings. The van der Waals surface area contributed by atoms with Crippen molar-refractivity contribution < 1.29 is 18.3 Å². The average Bonchev–Trinajstić information content (AvgIpc) is 3.25. The molecule has 1 aliphatic rings. The molecule has 5 nitrogen and oxygen atoms in total. The Morgan fingerprint density at radius 3 is 2.92 bits per heavy atom. The largest absolute Gasteiger partial charge is 0.441 e. The van der Waals surface area contributed by atoms with Crippen LogP contribution in [0.1, 0.15) is 32.1 Å². The van der Waals surface area contributed by atoms with E-state index in [1.54, 1.807) is 18.3 Å². The minimum atomic E-state index is -0.296. The average molecular weight is 332 g/mol. The van der Waals surface area contributed by atoms with Crippen molar-refractivity contribution in [2.45, 2.75) is 44.8 Å². The van der Waals surface area contributed by atoms with Gasteiger partial charge in [0.15, 0.2) is 11.7 Å². The second-order valence-electron chi connectivity index (χ2n) is 6.03. The van der Waals surface area contributed by atoms with Crippen molar-refractivity contribution in [3.63, 3.8) is 0 Å². The van der Waals surface area contributed by atoms with Gasteiger partial charge in [0, 0.05) is 25.0 Å². The van der Waals surface area contributed by atoms with Crippen molar-refractivity contribution in [1.82, 2.24) is 10.3 Å². The Morgan fingerprint density at radius 2 is 2.21 bits per heavy atom. The molecular weight excluding hydrogens is 311 g/mol. The van der Waals surface area contributed by atoms with Crippen LogP contribution in [0.25, 0.3) is 11.3 Å². The van der Waals surface area contributed by atoms with Gasteiger partial charge in [0.25, 0.3) is 0 Å². The Kier molecular flexibility index (Phi) is 5.25. The first kappa shape index (κ1) is 16.6. The predicted octanol–water partition coefficient (Wildman–Crippen LogP) is 3.10. The first-order valence-electron chi connectivity index (χ1n) is 8.23. The van der Waals surface area contributed by atoms with Crippen LogP contribution in [-0.2, 0) is 16.0 Å². The van der Waals surface area contributed by atoms with Crippen LogP contribution in [0.2, 0.25) is 0 Å². The number of hydrogen-bond donors (Lipinski definition) is 1. The molecule has 128 valence electrons. The van der Waals surface area contributed by atoms with Crippen molar-refractivity contribution in [1.29, 1.82) is 0 Å². The van der Waals surface area contributed by atoms with Gasteiger partial charge in [0.2, 0.25) is 5.91 Å². The van der Waals surface area contributed by atoms with Crippen LogP contribution in [0.3, 0.4) is 0 Å². The van der Waals surface area contributed by atoms with Crippen molar-refractivity contribution in [2.75, 3.05) is 6.61 Å². The number of amides is 1. The molecular formula is C18H21FN2O3. The summed E-state index contributed by atoms with van der Waals surface area (Å²) in [7, 11) is 0. The lowest BCUT2D eigenvalue weighted by Gasteiger charge is -2.19. The Hall–Kier alpha value is -2.21. The number of nitrogens with zero attached hydrogens (tertiary/aromatic N) is 1. The zero-order valence-electron chi connectivity index (χ0n) is 13.6. The summed E-state index contributed by atoms with van der Waals surface area (Å²) in [5, 5.41) is 2.96. The van der Waals surface area contributed by atoms with Gasteiger partial charge in [-0.25, -0.2) is 9.37 Å². The summed E-state index contributed by atoms with van der Waals surface area (Å²) < 4.78 is 24.1. The number of carbonyl (C=O) groups excluding carboxylic acids is 1. The standard InChI is InChI=1S/C18H21FN2O3/c1-12(15-3-2-10-23-15)21-17(22)8-9-18-20-11-16(24-18)13-4-6-14(19)7-5-13/h4-7,11-12,15H,2-3,8-10H2,1H3,(H,21,22)/t12-,15+/m1/s1. The smallest absolute Gasteiger partial charge is 0.220 e. The fourth-order valence-electron chi connectivity index (χ4n) is 2.81. The third kappa shape index (κ3) is 4.20. The highest BCUT2D eigenvalue weighted by molar-refractivity contribution is 5.76. The summed E-state index contributed by atoms with van der Waals surface area (Å²) in [5.41, 5.74) is 0.756. The van der Waals surface area contributed by atoms with E-state index < -0.39 is 0 Å². The molecule has 1 aliphatic heterocycles. The topological polar surface area (TPSA) is 64.4 Å². The quantitative estimate of drug-likeness (QED) is 0.883. The molecule has 0 unspecified atom stereocenters. The van der Waals surface area contributed by atoms with E-state index >= 15 is 0 Å². The molecule has 6 heteroatoms. The molecule has 0 bridgehead atoms. The maximum absolute atomic E-state index is 12.9. The number of hydrogen-bond acceptors (Lipinski definition) is 4. The fraction of sp³-hybridized carbons (Fsp3) is 0.444. The predicted molar refractivity (Wildman–Crippen MR) is 86.8 cm³/mol. The molecule has 0 spiro atoms. The maximum Gasteiger partial charge on any atom is 0.220 e. The summed E-state index contributed by atoms with van der Waals surface area (Å²) in [6.45, 7) is 2.74. The summed E-state index contributed by atoms with van der Waals surface area (Å²) in [4.78, 5) is 16.2. The highest BCUT2D eigenvalue weighted by Crippen LogP contribution is 2.21. The van der Waals surface area contributed by atoms with Gasteiger partial charge in [-0.05, 0) is 44.0 Å². The van der Waals surface area contributed by atoms with E-state index in [1.165, 1.54) is 12.1 Å². The van der Waals surface area contributed by atoms with Gasteiger partial charge >= 0.3 is 0 Å². The minimum Gasteiger partial charge on any atom is -0.441 e. The highest BCUT2D eigenvalue weighted by Gasteiger charge is 2.23. The molecule has 1 amide bonds. The van der Waals surface area contributed by atoms with Crippen molar-refractivity contribution >= 4 is 5.91 Å². The van der Waals surface area contributed by atoms with Crippen LogP contribution in [0, 0.1) is 5.82 Å². The van der Waals surface area contributed by atoms with Gasteiger partial charge in [-0.1, -0.05) is 0 Å². The van der Waals surface area contributed by atoms with Crippen LogP contribution < -0.4 is 5.32 Å². The monoisotopic (exact) mass is 332 g/mol. The SMILES string of the molecule is C[C@@H](NC(=O)CCc1ncc(-c2ccc(F)cc2)o1)[C@@H]1CCCO1. The normalized spacial score (nSPS) is 18.5. The number of carbonyl (C=O) groups is 1. The highest BCUT2D eigenvalue weighted by atomic mass is 19.1. The third-order valence-corrected chi connectivity index (χ3v) is 4.16. The van der Waals surface area contributed by atoms with E-state index in [0.717, 1.165) is 25.0 Å². The summed E-state index contributed by atoms with van der Waals surface area (Å²) in [5.74, 6) is 0.724. The Balaban J connectivity index is 1.49. The third-order valence-electron chi connectivity index (χ3n) is 4.16. The lowest BCUT2D eigenvalue weighted by molar-refractivity contribution is -0.122. The van der Waals surface area contributed by atoms with Gasteiger partial charge < -0.3 is 14.5 Å². The van der Waals surface area contributed by atoms with Gasteiger partial charge in [-0.15, -0.1) is 0 Å². The number of benzene rings is 1. The second kappa shape index (κ2) is 7.57. The Morgan fingerprint density at radius 1 is 1.42 bits per heavy atom.